The van der Waals surface area contributed by atoms with E-state index in [9.17, 15) is 210 Å². The van der Waals surface area contributed by atoms with Gasteiger partial charge in [-0.1, -0.05) is 0 Å². The summed E-state index contributed by atoms with van der Waals surface area (Å²) in [6.45, 7) is 5.73. The second-order valence-electron chi connectivity index (χ2n) is 27.8. The van der Waals surface area contributed by atoms with Gasteiger partial charge in [0.25, 0.3) is 0 Å². The number of ether oxygens (including phenoxy) is 10. The molecule has 0 aliphatic heterocycles. The summed E-state index contributed by atoms with van der Waals surface area (Å²) in [5.74, 6) is -23.8. The van der Waals surface area contributed by atoms with Gasteiger partial charge in [0.2, 0.25) is 54.3 Å². The van der Waals surface area contributed by atoms with Gasteiger partial charge in [-0.2, -0.15) is 79.0 Å². The van der Waals surface area contributed by atoms with E-state index in [0.29, 0.717) is 21.4 Å². The number of halogens is 27. The minimum Gasteiger partial charge on any atom is -0.748 e. The molecule has 0 heterocycles. The van der Waals surface area contributed by atoms with Crippen LogP contribution in [0.4, 0.5) is 96.1 Å². The van der Waals surface area contributed by atoms with Crippen LogP contribution in [0.15, 0.2) is 84.9 Å². The summed E-state index contributed by atoms with van der Waals surface area (Å²) < 4.78 is 468. The van der Waals surface area contributed by atoms with Crippen molar-refractivity contribution in [2.24, 2.45) is 0 Å². The quantitative estimate of drug-likeness (QED) is 0.0105. The first-order chi connectivity index (χ1) is 67.0. The molecule has 0 saturated heterocycles. The number of alkyl halides is 18. The number of benzene rings is 6. The van der Waals surface area contributed by atoms with Gasteiger partial charge in [0.15, 0.2) is 0 Å². The highest BCUT2D eigenvalue weighted by molar-refractivity contribution is 14.1. The molecule has 6 atom stereocenters. The van der Waals surface area contributed by atoms with Crippen molar-refractivity contribution in [2.45, 2.75) is 108 Å². The molecule has 149 heavy (non-hydrogen) atoms. The molecule has 0 radical (unpaired) electrons. The number of hydrogen-bond acceptors (Lipinski definition) is 39. The topological polar surface area (TPSA) is 642 Å². The standard InChI is InChI=1S/C16H16F3I3N2O7S.C12H10F3I2NO6S.2C12H10F3IO7S.2C11H10F3IO6S/c1-6(25)23(3)13-10(20)9(11(21)14(12(13)22)24(4)7(2)26)15(27)31-8(16(17,18)19)5-32(28,29)30;1-5(19)18-9-2-6(7(16)3-8(9)17)11(20)24-10(12(13,14)15)4-25(21,22)23;1-6(17)22-9-4-7(16)2-3-8(9)11(18)23-10(12(13,14)15)5-24(19,20)21;1-6(17)22-9-4-7(2-3-8(9)16)11(18)23-10(12(13,14)15)5-24(19,20)21;1-20-8-4-6(15)2-3-7(8)10(16)21-9(11(12,13)14)5-22(17,18)19;1-20-8-4-6(2-3-7(8)15)10(16)21-9(11(12,13)14)5-22(17,18)19/h8H,5H2,1-4H3,(H,28,29,30);2-3,10H,4H2,1H3,(H,18,19)(H,21,22,23);2*2-4,10H,5H2,1H3,(H,19,20,21);2*2-4,9H,5H2,1H3,(H,17,18,19)/p-6. The average Bonchev–Trinajstić information content (AvgIpc) is 0.750. The molecule has 0 aliphatic carbocycles. The molecule has 836 valence electrons. The van der Waals surface area contributed by atoms with E-state index in [1.54, 1.807) is 113 Å². The van der Waals surface area contributed by atoms with Crippen LogP contribution in [0.1, 0.15) is 96.8 Å². The Morgan fingerprint density at radius 2 is 0.577 bits per heavy atom. The maximum absolute atomic E-state index is 13.2. The van der Waals surface area contributed by atoms with Crippen molar-refractivity contribution in [3.8, 4) is 23.0 Å². The van der Waals surface area contributed by atoms with E-state index < -0.39 is 251 Å². The third kappa shape index (κ3) is 51.6. The summed E-state index contributed by atoms with van der Waals surface area (Å²) in [4.78, 5) is 131. The van der Waals surface area contributed by atoms with E-state index >= 15 is 0 Å². The number of nitrogens with zero attached hydrogens (tertiary/aromatic N) is 2. The lowest BCUT2D eigenvalue weighted by atomic mass is 10.1. The fraction of sp³-hybridized carbons (Fsp3) is 0.365. The highest BCUT2D eigenvalue weighted by Gasteiger charge is 2.51. The molecular weight excluding hydrogens is 3230 g/mol. The van der Waals surface area contributed by atoms with E-state index in [1.807, 2.05) is 90.4 Å². The monoisotopic (exact) mass is 3290 g/mol. The molecule has 0 spiro atoms. The Hall–Kier alpha value is -6.14. The number of rotatable bonds is 31. The molecule has 0 saturated carbocycles. The Balaban J connectivity index is 0.000000898. The maximum atomic E-state index is 13.2. The molecule has 6 unspecified atom stereocenters. The molecule has 42 nitrogen and oxygen atoms in total. The number of hydrogen-bond donors (Lipinski definition) is 1. The Labute approximate surface area is 952 Å². The van der Waals surface area contributed by atoms with Crippen molar-refractivity contribution in [3.05, 3.63) is 150 Å². The van der Waals surface area contributed by atoms with Crippen molar-refractivity contribution in [1.29, 1.82) is 0 Å². The summed E-state index contributed by atoms with van der Waals surface area (Å²) in [6, 6.07) is 17.1. The van der Waals surface area contributed by atoms with Crippen molar-refractivity contribution in [3.63, 3.8) is 0 Å². The molecule has 0 fully saturated rings. The number of anilines is 3. The minimum atomic E-state index is -5.38. The summed E-state index contributed by atoms with van der Waals surface area (Å²) in [7, 11) is -26.5. The summed E-state index contributed by atoms with van der Waals surface area (Å²) in [6.07, 6.45) is -50.1. The minimum absolute atomic E-state index is 0.0331. The van der Waals surface area contributed by atoms with Crippen molar-refractivity contribution in [1.82, 2.24) is 0 Å². The SMILES string of the molecule is CC(=O)N(C)c1c(I)c(C(=O)OC(CS(=O)(=O)[O-])C(F)(F)F)c(I)c(N(C)C(C)=O)c1I.CC(=O)Nc1cc(C(=O)OC(CS(=O)(=O)[O-])C(F)(F)F)c(I)cc1I.CC(=O)Oc1cc(C(=O)OC(CS(=O)(=O)[O-])C(F)(F)F)ccc1I.CC(=O)Oc1cc(I)ccc1C(=O)OC(CS(=O)(=O)[O-])C(F)(F)F.COc1cc(C(=O)OC(CS(=O)(=O)[O-])C(F)(F)F)ccc1I.COc1cc(I)ccc1C(=O)OC(CS(=O)(=O)[O-])C(F)(F)F. The third-order valence-electron chi connectivity index (χ3n) is 16.1. The Bertz CT molecular complexity index is 6650. The molecular formula is C74H60F18I9N3O39S6-6. The molecule has 0 aliphatic rings. The fourth-order valence-electron chi connectivity index (χ4n) is 9.54. The lowest BCUT2D eigenvalue weighted by Crippen LogP contribution is -2.40. The first kappa shape index (κ1) is 141. The number of methoxy groups -OCH3 is 2. The van der Waals surface area contributed by atoms with E-state index in [-0.39, 0.29) is 67.5 Å². The molecule has 1 N–H and O–H groups in total. The maximum Gasteiger partial charge on any atom is 0.426 e. The number of nitrogens with one attached hydrogen (secondary N) is 1. The zero-order chi connectivity index (χ0) is 117. The predicted octanol–water partition coefficient (Wildman–Crippen LogP) is 13.1. The Kier molecular flexibility index (Phi) is 55.1. The van der Waals surface area contributed by atoms with Crippen molar-refractivity contribution < 1.29 is 257 Å². The van der Waals surface area contributed by atoms with Gasteiger partial charge < -0.3 is 89.8 Å². The number of carbonyl (C=O) groups is 11. The van der Waals surface area contributed by atoms with Crippen LogP contribution >= 0.6 is 203 Å². The fourth-order valence-corrected chi connectivity index (χ4v) is 22.2. The second-order valence-corrected chi connectivity index (χ2v) is 46.9. The lowest BCUT2D eigenvalue weighted by Gasteiger charge is -2.28. The Morgan fingerprint density at radius 3 is 0.852 bits per heavy atom. The van der Waals surface area contributed by atoms with Gasteiger partial charge in [-0.15, -0.1) is 0 Å². The van der Waals surface area contributed by atoms with Crippen LogP contribution in [0.5, 0.6) is 23.0 Å². The molecule has 6 aromatic carbocycles. The van der Waals surface area contributed by atoms with Gasteiger partial charge in [0, 0.05) is 63.0 Å². The lowest BCUT2D eigenvalue weighted by molar-refractivity contribution is -0.197. The molecule has 6 aromatic rings. The van der Waals surface area contributed by atoms with E-state index in [1.165, 1.54) is 104 Å². The van der Waals surface area contributed by atoms with Gasteiger partial charge in [-0.3, -0.25) is 24.0 Å². The Morgan fingerprint density at radius 1 is 0.315 bits per heavy atom. The number of amides is 3. The number of esters is 8. The smallest absolute Gasteiger partial charge is 0.426 e. The van der Waals surface area contributed by atoms with Crippen LogP contribution in [-0.4, -0.2) is 280 Å². The van der Waals surface area contributed by atoms with Gasteiger partial charge >= 0.3 is 84.8 Å². The normalized spacial score (nSPS) is 13.2. The van der Waals surface area contributed by atoms with Crippen LogP contribution < -0.4 is 34.1 Å². The van der Waals surface area contributed by atoms with Crippen LogP contribution in [0.2, 0.25) is 0 Å². The van der Waals surface area contributed by atoms with E-state index in [0.717, 1.165) is 54.0 Å². The van der Waals surface area contributed by atoms with Crippen LogP contribution in [-0.2, 0) is 113 Å². The zero-order valence-electron chi connectivity index (χ0n) is 74.3. The molecule has 3 amide bonds. The highest BCUT2D eigenvalue weighted by atomic mass is 127. The number of carbonyl (C=O) groups excluding carboxylic acids is 11. The van der Waals surface area contributed by atoms with Gasteiger partial charge in [0.05, 0.1) is 167 Å². The molecule has 75 heteroatoms. The predicted molar refractivity (Wildman–Crippen MR) is 540 cm³/mol. The summed E-state index contributed by atoms with van der Waals surface area (Å²) in [5.41, 5.74) is -1.83. The molecule has 0 aromatic heterocycles. The second kappa shape index (κ2) is 58.2. The molecule has 0 bridgehead atoms. The average molecular weight is 3290 g/mol. The van der Waals surface area contributed by atoms with Crippen LogP contribution in [0, 0.1) is 32.1 Å². The van der Waals surface area contributed by atoms with E-state index in [2.05, 4.69) is 33.7 Å². The largest absolute Gasteiger partial charge is 0.748 e. The first-order valence-electron chi connectivity index (χ1n) is 37.3. The molecule has 6 rings (SSSR count). The summed E-state index contributed by atoms with van der Waals surface area (Å²) >= 11 is 16.0. The summed E-state index contributed by atoms with van der Waals surface area (Å²) in [5, 5.41) is 2.39. The van der Waals surface area contributed by atoms with Crippen LogP contribution in [0.25, 0.3) is 0 Å². The van der Waals surface area contributed by atoms with Crippen LogP contribution in [0.3, 0.4) is 0 Å². The van der Waals surface area contributed by atoms with E-state index in [4.69, 9.17) is 18.9 Å². The van der Waals surface area contributed by atoms with Gasteiger partial charge in [0.1, 0.15) is 34.1 Å². The first-order valence-corrected chi connectivity index (χ1v) is 56.5. The van der Waals surface area contributed by atoms with Crippen molar-refractivity contribution in [2.75, 3.05) is 77.9 Å². The van der Waals surface area contributed by atoms with Gasteiger partial charge in [-0.05, 0) is 288 Å². The van der Waals surface area contributed by atoms with Gasteiger partial charge in [-0.25, -0.2) is 79.3 Å². The third-order valence-corrected chi connectivity index (χ3v) is 28.4. The zero-order valence-corrected chi connectivity index (χ0v) is 98.6. The highest BCUT2D eigenvalue weighted by Crippen LogP contribution is 2.44. The van der Waals surface area contributed by atoms with Crippen molar-refractivity contribution >= 4 is 347 Å².